The van der Waals surface area contributed by atoms with Crippen LogP contribution in [0.15, 0.2) is 52.3 Å². The quantitative estimate of drug-likeness (QED) is 0.335. The SMILES string of the molecule is CCOc1cc([C@H]2c3sc(=O)[nH]c3SC3C2[C@H]2C[C@@H]3C3C(=O)N(c4ccc(OC)cc4)C(=O)C32)ccc1OCC(=O)N1CCCCC1. The van der Waals surface area contributed by atoms with E-state index < -0.39 is 5.92 Å². The second-order valence-electron chi connectivity index (χ2n) is 13.0. The van der Waals surface area contributed by atoms with Crippen molar-refractivity contribution in [3.8, 4) is 17.2 Å². The molecular weight excluding hydrogens is 639 g/mol. The van der Waals surface area contributed by atoms with Gasteiger partial charge in [-0.2, -0.15) is 0 Å². The number of anilines is 1. The molecule has 4 heterocycles. The smallest absolute Gasteiger partial charge is 0.305 e. The summed E-state index contributed by atoms with van der Waals surface area (Å²) in [6.07, 6.45) is 3.98. The van der Waals surface area contributed by atoms with Crippen LogP contribution in [-0.2, 0) is 14.4 Å². The Kier molecular flexibility index (Phi) is 7.82. The van der Waals surface area contributed by atoms with Crippen molar-refractivity contribution in [3.63, 3.8) is 0 Å². The van der Waals surface area contributed by atoms with E-state index in [0.717, 1.165) is 54.2 Å². The van der Waals surface area contributed by atoms with E-state index in [1.807, 2.05) is 30.0 Å². The van der Waals surface area contributed by atoms with Crippen LogP contribution in [0.25, 0.3) is 0 Å². The lowest BCUT2D eigenvalue weighted by atomic mass is 9.68. The van der Waals surface area contributed by atoms with Crippen LogP contribution in [-0.4, -0.2) is 66.3 Å². The molecule has 10 nitrogen and oxygen atoms in total. The molecule has 1 N–H and O–H groups in total. The highest BCUT2D eigenvalue weighted by molar-refractivity contribution is 8.00. The third-order valence-corrected chi connectivity index (χ3v) is 13.3. The molecule has 0 spiro atoms. The van der Waals surface area contributed by atoms with Crippen molar-refractivity contribution < 1.29 is 28.6 Å². The number of nitrogens with zero attached hydrogens (tertiary/aromatic N) is 2. The van der Waals surface area contributed by atoms with Crippen molar-refractivity contribution in [2.45, 2.75) is 48.8 Å². The van der Waals surface area contributed by atoms with Gasteiger partial charge in [0.15, 0.2) is 18.1 Å². The first-order valence-corrected chi connectivity index (χ1v) is 18.2. The number of nitrogens with one attached hydrogen (secondary N) is 1. The molecule has 246 valence electrons. The Balaban J connectivity index is 1.11. The van der Waals surface area contributed by atoms with Gasteiger partial charge in [-0.05, 0) is 92.3 Å². The lowest BCUT2D eigenvalue weighted by Crippen LogP contribution is -2.42. The largest absolute Gasteiger partial charge is 0.497 e. The predicted octanol–water partition coefficient (Wildman–Crippen LogP) is 4.91. The van der Waals surface area contributed by atoms with Gasteiger partial charge in [-0.3, -0.25) is 24.1 Å². The number of thioether (sulfide) groups is 1. The van der Waals surface area contributed by atoms with Gasteiger partial charge in [-0.25, -0.2) is 0 Å². The Bertz CT molecular complexity index is 1780. The molecule has 7 atom stereocenters. The van der Waals surface area contributed by atoms with E-state index in [4.69, 9.17) is 14.2 Å². The van der Waals surface area contributed by atoms with Gasteiger partial charge in [-0.15, -0.1) is 11.8 Å². The van der Waals surface area contributed by atoms with Crippen LogP contribution >= 0.6 is 23.1 Å². The number of carbonyl (C=O) groups excluding carboxylic acids is 3. The first-order valence-electron chi connectivity index (χ1n) is 16.5. The minimum Gasteiger partial charge on any atom is -0.497 e. The number of carbonyl (C=O) groups is 3. The van der Waals surface area contributed by atoms with Crippen LogP contribution in [0, 0.1) is 29.6 Å². The van der Waals surface area contributed by atoms with Crippen LogP contribution in [0.3, 0.4) is 0 Å². The molecule has 3 aliphatic heterocycles. The van der Waals surface area contributed by atoms with Crippen LogP contribution in [0.2, 0.25) is 0 Å². The molecule has 2 aromatic carbocycles. The summed E-state index contributed by atoms with van der Waals surface area (Å²) in [4.78, 5) is 60.7. The van der Waals surface area contributed by atoms with Gasteiger partial charge in [0.2, 0.25) is 11.8 Å². The summed E-state index contributed by atoms with van der Waals surface area (Å²) >= 11 is 2.89. The average Bonchev–Trinajstić information content (AvgIpc) is 3.83. The number of methoxy groups -OCH3 is 1. The zero-order valence-corrected chi connectivity index (χ0v) is 27.9. The number of likely N-dealkylation sites (tertiary alicyclic amines) is 1. The van der Waals surface area contributed by atoms with Crippen molar-refractivity contribution in [2.24, 2.45) is 29.6 Å². The number of thiazole rings is 1. The zero-order valence-electron chi connectivity index (χ0n) is 26.3. The molecule has 5 aliphatic rings. The molecule has 2 saturated carbocycles. The molecule has 0 radical (unpaired) electrons. The summed E-state index contributed by atoms with van der Waals surface area (Å²) < 4.78 is 17.4. The molecule has 47 heavy (non-hydrogen) atoms. The van der Waals surface area contributed by atoms with Crippen LogP contribution in [0.5, 0.6) is 17.2 Å². The second kappa shape index (κ2) is 12.0. The maximum absolute atomic E-state index is 14.1. The first kappa shape index (κ1) is 30.6. The topological polar surface area (TPSA) is 118 Å². The number of benzene rings is 2. The number of hydrogen-bond acceptors (Lipinski definition) is 9. The Hall–Kier alpha value is -3.77. The van der Waals surface area contributed by atoms with Gasteiger partial charge in [-0.1, -0.05) is 17.4 Å². The number of piperidine rings is 1. The second-order valence-corrected chi connectivity index (χ2v) is 15.2. The molecule has 1 aromatic heterocycles. The summed E-state index contributed by atoms with van der Waals surface area (Å²) in [5, 5.41) is 0.926. The predicted molar refractivity (Wildman–Crippen MR) is 178 cm³/mol. The van der Waals surface area contributed by atoms with Gasteiger partial charge >= 0.3 is 4.87 Å². The number of rotatable bonds is 8. The fourth-order valence-corrected chi connectivity index (χ4v) is 11.7. The van der Waals surface area contributed by atoms with Gasteiger partial charge in [0, 0.05) is 29.1 Å². The Morgan fingerprint density at radius 3 is 2.40 bits per heavy atom. The lowest BCUT2D eigenvalue weighted by molar-refractivity contribution is -0.134. The number of aromatic amines is 1. The highest BCUT2D eigenvalue weighted by Crippen LogP contribution is 2.68. The van der Waals surface area contributed by atoms with Crippen molar-refractivity contribution in [1.29, 1.82) is 0 Å². The molecule has 4 fully saturated rings. The highest BCUT2D eigenvalue weighted by Gasteiger charge is 2.69. The number of H-pyrrole nitrogens is 1. The fraction of sp³-hybridized carbons (Fsp3) is 0.486. The summed E-state index contributed by atoms with van der Waals surface area (Å²) in [6.45, 7) is 3.80. The number of ether oxygens (including phenoxy) is 3. The number of hydrogen-bond donors (Lipinski definition) is 1. The van der Waals surface area contributed by atoms with Crippen molar-refractivity contribution in [1.82, 2.24) is 9.88 Å². The van der Waals surface area contributed by atoms with Crippen molar-refractivity contribution >= 4 is 46.5 Å². The Labute approximate surface area is 280 Å². The number of fused-ring (bicyclic) bond motifs is 9. The summed E-state index contributed by atoms with van der Waals surface area (Å²) in [5.74, 6) is 0.573. The number of amides is 3. The summed E-state index contributed by atoms with van der Waals surface area (Å²) in [7, 11) is 1.58. The monoisotopic (exact) mass is 675 g/mol. The zero-order chi connectivity index (χ0) is 32.4. The summed E-state index contributed by atoms with van der Waals surface area (Å²) in [5.41, 5.74) is 1.55. The number of aromatic nitrogens is 1. The molecule has 2 saturated heterocycles. The molecule has 3 amide bonds. The van der Waals surface area contributed by atoms with Crippen LogP contribution < -0.4 is 24.0 Å². The summed E-state index contributed by atoms with van der Waals surface area (Å²) in [6, 6.07) is 12.9. The number of imide groups is 1. The first-order chi connectivity index (χ1) is 22.9. The van der Waals surface area contributed by atoms with E-state index in [1.54, 1.807) is 43.1 Å². The van der Waals surface area contributed by atoms with Crippen LogP contribution in [0.1, 0.15) is 49.0 Å². The fourth-order valence-electron chi connectivity index (χ4n) is 8.86. The van der Waals surface area contributed by atoms with Crippen molar-refractivity contribution in [2.75, 3.05) is 38.3 Å². The standard InChI is InChI=1S/C35H37N3O7S2/c1-3-44-24-15-18(7-12-23(24)45-17-25(39)37-13-5-4-6-14-37)26-27-21-16-22(30(27)46-32-31(26)47-35(42)36-32)29-28(21)33(40)38(34(29)41)19-8-10-20(43-2)11-9-19/h7-12,15,21-22,26-30H,3-6,13-14,16-17H2,1-2H3,(H,36,42)/t21-,22-,26-,27?,28?,29?,30?/m1/s1. The van der Waals surface area contributed by atoms with Gasteiger partial charge in [0.1, 0.15) is 5.75 Å². The molecule has 8 rings (SSSR count). The molecule has 4 unspecified atom stereocenters. The van der Waals surface area contributed by atoms with E-state index in [-0.39, 0.29) is 64.0 Å². The normalized spacial score (nSPS) is 29.0. The van der Waals surface area contributed by atoms with Gasteiger partial charge in [0.05, 0.1) is 36.3 Å². The maximum Gasteiger partial charge on any atom is 0.305 e. The minimum absolute atomic E-state index is 0.00816. The molecule has 2 aliphatic carbocycles. The van der Waals surface area contributed by atoms with E-state index >= 15 is 0 Å². The molecule has 12 heteroatoms. The van der Waals surface area contributed by atoms with E-state index in [0.29, 0.717) is 29.5 Å². The van der Waals surface area contributed by atoms with E-state index in [2.05, 4.69) is 4.98 Å². The minimum atomic E-state index is -0.397. The van der Waals surface area contributed by atoms with E-state index in [1.165, 1.54) is 16.2 Å². The Morgan fingerprint density at radius 1 is 0.936 bits per heavy atom. The third kappa shape index (κ3) is 4.97. The molecular formula is C35H37N3O7S2. The average molecular weight is 676 g/mol. The third-order valence-electron chi connectivity index (χ3n) is 10.7. The Morgan fingerprint density at radius 2 is 1.68 bits per heavy atom. The van der Waals surface area contributed by atoms with Crippen LogP contribution in [0.4, 0.5) is 5.69 Å². The molecule has 3 aromatic rings. The molecule has 2 bridgehead atoms. The van der Waals surface area contributed by atoms with Gasteiger partial charge < -0.3 is 24.1 Å². The maximum atomic E-state index is 14.1. The van der Waals surface area contributed by atoms with Crippen molar-refractivity contribution in [3.05, 3.63) is 62.6 Å². The lowest BCUT2D eigenvalue weighted by Gasteiger charge is -2.43. The van der Waals surface area contributed by atoms with Gasteiger partial charge in [0.25, 0.3) is 5.91 Å². The highest BCUT2D eigenvalue weighted by atomic mass is 32.2. The van der Waals surface area contributed by atoms with E-state index in [9.17, 15) is 19.2 Å².